The molecule has 0 aliphatic heterocycles. The highest BCUT2D eigenvalue weighted by molar-refractivity contribution is 5.97. The number of aromatic amines is 1. The maximum absolute atomic E-state index is 12.4. The van der Waals surface area contributed by atoms with Crippen molar-refractivity contribution in [2.45, 2.75) is 26.4 Å². The molecule has 0 radical (unpaired) electrons. The molecule has 2 N–H and O–H groups in total. The number of benzene rings is 2. The van der Waals surface area contributed by atoms with Crippen molar-refractivity contribution >= 4 is 16.9 Å². The van der Waals surface area contributed by atoms with Gasteiger partial charge < -0.3 is 19.8 Å². The molecular formula is C22H26N4O3. The fourth-order valence-corrected chi connectivity index (χ4v) is 3.36. The van der Waals surface area contributed by atoms with Gasteiger partial charge in [-0.2, -0.15) is 0 Å². The topological polar surface area (TPSA) is 87.2 Å². The van der Waals surface area contributed by atoms with Crippen LogP contribution in [0.3, 0.4) is 0 Å². The Morgan fingerprint density at radius 2 is 1.90 bits per heavy atom. The molecule has 0 fully saturated rings. The summed E-state index contributed by atoms with van der Waals surface area (Å²) >= 11 is 0. The van der Waals surface area contributed by atoms with Crippen LogP contribution in [0.4, 0.5) is 0 Å². The molecule has 0 unspecified atom stereocenters. The van der Waals surface area contributed by atoms with Crippen molar-refractivity contribution < 1.29 is 4.79 Å². The Balaban J connectivity index is 1.57. The lowest BCUT2D eigenvalue weighted by Crippen LogP contribution is -2.36. The van der Waals surface area contributed by atoms with Gasteiger partial charge in [-0.15, -0.1) is 0 Å². The third kappa shape index (κ3) is 5.00. The van der Waals surface area contributed by atoms with E-state index < -0.39 is 11.1 Å². The van der Waals surface area contributed by atoms with Crippen molar-refractivity contribution in [2.24, 2.45) is 0 Å². The average molecular weight is 394 g/mol. The molecule has 29 heavy (non-hydrogen) atoms. The number of carbonyl (C=O) groups excluding carboxylic acids is 1. The second kappa shape index (κ2) is 9.34. The van der Waals surface area contributed by atoms with Gasteiger partial charge in [-0.05, 0) is 50.7 Å². The Hall–Kier alpha value is -3.19. The summed E-state index contributed by atoms with van der Waals surface area (Å²) in [5.74, 6) is -0.201. The Bertz CT molecular complexity index is 1100. The van der Waals surface area contributed by atoms with Crippen LogP contribution in [-0.2, 0) is 13.1 Å². The molecule has 0 bridgehead atoms. The number of rotatable bonds is 8. The number of amides is 1. The highest BCUT2D eigenvalue weighted by Gasteiger charge is 2.10. The molecule has 2 aromatic carbocycles. The molecule has 1 amide bonds. The Kier molecular flexibility index (Phi) is 6.61. The fourth-order valence-electron chi connectivity index (χ4n) is 3.36. The zero-order valence-corrected chi connectivity index (χ0v) is 16.8. The zero-order valence-electron chi connectivity index (χ0n) is 16.8. The Morgan fingerprint density at radius 3 is 2.62 bits per heavy atom. The largest absolute Gasteiger partial charge is 0.352 e. The molecule has 7 heteroatoms. The van der Waals surface area contributed by atoms with Crippen LogP contribution in [0.1, 0.15) is 29.3 Å². The predicted octanol–water partition coefficient (Wildman–Crippen LogP) is 1.96. The van der Waals surface area contributed by atoms with Gasteiger partial charge in [0.05, 0.1) is 11.0 Å². The minimum atomic E-state index is -0.682. The first-order chi connectivity index (χ1) is 14.0. The summed E-state index contributed by atoms with van der Waals surface area (Å²) in [5.41, 5.74) is 1.53. The molecule has 152 valence electrons. The van der Waals surface area contributed by atoms with Crippen LogP contribution in [0, 0.1) is 0 Å². The van der Waals surface area contributed by atoms with E-state index in [1.54, 1.807) is 25.1 Å². The van der Waals surface area contributed by atoms with Crippen LogP contribution in [-0.4, -0.2) is 40.5 Å². The molecular weight excluding hydrogens is 368 g/mol. The number of aromatic nitrogens is 2. The van der Waals surface area contributed by atoms with Gasteiger partial charge in [0.2, 0.25) is 0 Å². The third-order valence-electron chi connectivity index (χ3n) is 4.85. The van der Waals surface area contributed by atoms with Crippen molar-refractivity contribution in [3.8, 4) is 0 Å². The number of hydrogen-bond acceptors (Lipinski definition) is 4. The van der Waals surface area contributed by atoms with Crippen molar-refractivity contribution in [3.63, 3.8) is 0 Å². The molecule has 0 saturated heterocycles. The number of carbonyl (C=O) groups is 1. The summed E-state index contributed by atoms with van der Waals surface area (Å²) in [6, 6.07) is 15.2. The van der Waals surface area contributed by atoms with E-state index in [9.17, 15) is 14.4 Å². The highest BCUT2D eigenvalue weighted by atomic mass is 16.2. The van der Waals surface area contributed by atoms with Gasteiger partial charge in [-0.3, -0.25) is 14.4 Å². The number of H-pyrrole nitrogens is 1. The molecule has 1 heterocycles. The lowest BCUT2D eigenvalue weighted by Gasteiger charge is -2.16. The van der Waals surface area contributed by atoms with Crippen molar-refractivity contribution in [1.82, 2.24) is 19.8 Å². The van der Waals surface area contributed by atoms with Gasteiger partial charge in [0.15, 0.2) is 0 Å². The van der Waals surface area contributed by atoms with E-state index in [-0.39, 0.29) is 5.91 Å². The highest BCUT2D eigenvalue weighted by Crippen LogP contribution is 2.11. The molecule has 3 rings (SSSR count). The van der Waals surface area contributed by atoms with Crippen molar-refractivity contribution in [1.29, 1.82) is 0 Å². The quantitative estimate of drug-likeness (QED) is 0.452. The number of fused-ring (bicyclic) bond motifs is 1. The molecule has 0 atom stereocenters. The normalized spacial score (nSPS) is 11.1. The minimum absolute atomic E-state index is 0.201. The van der Waals surface area contributed by atoms with E-state index in [0.717, 1.165) is 19.5 Å². The molecule has 7 nitrogen and oxygen atoms in total. The monoisotopic (exact) mass is 394 g/mol. The van der Waals surface area contributed by atoms with E-state index >= 15 is 0 Å². The van der Waals surface area contributed by atoms with Crippen LogP contribution in [0.5, 0.6) is 0 Å². The molecule has 0 saturated carbocycles. The zero-order chi connectivity index (χ0) is 20.8. The number of hydrogen-bond donors (Lipinski definition) is 2. The first kappa shape index (κ1) is 20.5. The summed E-state index contributed by atoms with van der Waals surface area (Å²) < 4.78 is 1.40. The summed E-state index contributed by atoms with van der Waals surface area (Å²) in [7, 11) is 2.06. The summed E-state index contributed by atoms with van der Waals surface area (Å²) in [5, 5.41) is 2.91. The minimum Gasteiger partial charge on any atom is -0.352 e. The number of nitrogens with one attached hydrogen (secondary N) is 2. The van der Waals surface area contributed by atoms with Crippen LogP contribution in [0.15, 0.2) is 58.1 Å². The summed E-state index contributed by atoms with van der Waals surface area (Å²) in [4.78, 5) is 40.9. The van der Waals surface area contributed by atoms with E-state index in [0.29, 0.717) is 29.7 Å². The van der Waals surface area contributed by atoms with Gasteiger partial charge in [-0.1, -0.05) is 30.3 Å². The summed E-state index contributed by atoms with van der Waals surface area (Å²) in [6.45, 7) is 4.48. The Labute approximate surface area is 169 Å². The Morgan fingerprint density at radius 1 is 1.14 bits per heavy atom. The van der Waals surface area contributed by atoms with Crippen LogP contribution >= 0.6 is 0 Å². The maximum Gasteiger partial charge on any atom is 0.316 e. The molecule has 0 aliphatic carbocycles. The van der Waals surface area contributed by atoms with Crippen LogP contribution in [0.2, 0.25) is 0 Å². The SMILES string of the molecule is CCn1c(=O)c(=O)[nH]c2cc(C(=O)NCCCN(C)Cc3ccccc3)ccc21. The molecule has 3 aromatic rings. The van der Waals surface area contributed by atoms with Gasteiger partial charge in [0, 0.05) is 25.2 Å². The van der Waals surface area contributed by atoms with Crippen molar-refractivity contribution in [3.05, 3.63) is 80.4 Å². The first-order valence-corrected chi connectivity index (χ1v) is 9.77. The fraction of sp³-hybridized carbons (Fsp3) is 0.318. The smallest absolute Gasteiger partial charge is 0.316 e. The maximum atomic E-state index is 12.4. The van der Waals surface area contributed by atoms with E-state index in [2.05, 4.69) is 34.4 Å². The second-order valence-corrected chi connectivity index (χ2v) is 7.07. The lowest BCUT2D eigenvalue weighted by atomic mass is 10.1. The van der Waals surface area contributed by atoms with Gasteiger partial charge in [0.25, 0.3) is 5.91 Å². The summed E-state index contributed by atoms with van der Waals surface area (Å²) in [6.07, 6.45) is 0.828. The second-order valence-electron chi connectivity index (χ2n) is 7.07. The van der Waals surface area contributed by atoms with Gasteiger partial charge in [-0.25, -0.2) is 0 Å². The van der Waals surface area contributed by atoms with E-state index in [1.165, 1.54) is 10.1 Å². The van der Waals surface area contributed by atoms with Gasteiger partial charge >= 0.3 is 11.1 Å². The van der Waals surface area contributed by atoms with E-state index in [1.807, 2.05) is 18.2 Å². The molecule has 0 spiro atoms. The van der Waals surface area contributed by atoms with Gasteiger partial charge in [0.1, 0.15) is 0 Å². The average Bonchev–Trinajstić information content (AvgIpc) is 2.72. The van der Waals surface area contributed by atoms with E-state index in [4.69, 9.17) is 0 Å². The predicted molar refractivity (Wildman–Crippen MR) is 114 cm³/mol. The lowest BCUT2D eigenvalue weighted by molar-refractivity contribution is 0.0952. The molecule has 1 aromatic heterocycles. The van der Waals surface area contributed by atoms with Crippen LogP contribution < -0.4 is 16.4 Å². The number of nitrogens with zero attached hydrogens (tertiary/aromatic N) is 2. The molecule has 0 aliphatic rings. The number of aryl methyl sites for hydroxylation is 1. The third-order valence-corrected chi connectivity index (χ3v) is 4.85. The first-order valence-electron chi connectivity index (χ1n) is 9.77. The van der Waals surface area contributed by atoms with Crippen LogP contribution in [0.25, 0.3) is 11.0 Å². The standard InChI is InChI=1S/C22H26N4O3/c1-3-26-19-11-10-17(14-18(19)24-21(28)22(26)29)20(27)23-12-7-13-25(2)15-16-8-5-4-6-9-16/h4-6,8-11,14H,3,7,12-13,15H2,1-2H3,(H,23,27)(H,24,28). The van der Waals surface area contributed by atoms with Crippen molar-refractivity contribution in [2.75, 3.05) is 20.1 Å².